The minimum absolute atomic E-state index is 0.0364. The summed E-state index contributed by atoms with van der Waals surface area (Å²) in [6, 6.07) is 15.6. The predicted molar refractivity (Wildman–Crippen MR) is 110 cm³/mol. The second kappa shape index (κ2) is 8.57. The number of hydrogen-bond donors (Lipinski definition) is 1. The summed E-state index contributed by atoms with van der Waals surface area (Å²) in [7, 11) is 0. The second-order valence-corrected chi connectivity index (χ2v) is 7.53. The number of rotatable bonds is 5. The summed E-state index contributed by atoms with van der Waals surface area (Å²) >= 11 is 0. The highest BCUT2D eigenvalue weighted by Crippen LogP contribution is 2.44. The van der Waals surface area contributed by atoms with Gasteiger partial charge in [-0.15, -0.1) is 0 Å². The minimum atomic E-state index is -0.676. The van der Waals surface area contributed by atoms with Gasteiger partial charge in [0.15, 0.2) is 6.73 Å². The molecule has 2 aromatic carbocycles. The van der Waals surface area contributed by atoms with E-state index in [4.69, 9.17) is 9.47 Å². The molecule has 1 atom stereocenters. The molecule has 1 fully saturated rings. The van der Waals surface area contributed by atoms with Crippen LogP contribution in [0.3, 0.4) is 0 Å². The molecule has 30 heavy (non-hydrogen) atoms. The van der Waals surface area contributed by atoms with E-state index in [2.05, 4.69) is 29.6 Å². The Balaban J connectivity index is 1.37. The third-order valence-corrected chi connectivity index (χ3v) is 5.59. The van der Waals surface area contributed by atoms with Gasteiger partial charge in [-0.3, -0.25) is 9.59 Å². The number of nitrogens with one attached hydrogen (secondary N) is 1. The average Bonchev–Trinajstić information content (AvgIpc) is 3.07. The van der Waals surface area contributed by atoms with Gasteiger partial charge < -0.3 is 19.7 Å². The zero-order valence-corrected chi connectivity index (χ0v) is 16.8. The van der Waals surface area contributed by atoms with Gasteiger partial charge in [-0.2, -0.15) is 0 Å². The van der Waals surface area contributed by atoms with E-state index in [9.17, 15) is 14.4 Å². The van der Waals surface area contributed by atoms with E-state index < -0.39 is 18.1 Å². The predicted octanol–water partition coefficient (Wildman–Crippen LogP) is 3.04. The number of piperidine rings is 1. The lowest BCUT2D eigenvalue weighted by atomic mass is 9.98. The summed E-state index contributed by atoms with van der Waals surface area (Å²) in [4.78, 5) is 37.4. The highest BCUT2D eigenvalue weighted by Gasteiger charge is 2.32. The van der Waals surface area contributed by atoms with E-state index in [0.29, 0.717) is 19.4 Å². The van der Waals surface area contributed by atoms with Crippen LogP contribution in [-0.2, 0) is 19.1 Å². The summed E-state index contributed by atoms with van der Waals surface area (Å²) in [5, 5.41) is 2.67. The minimum Gasteiger partial charge on any atom is -0.449 e. The first-order valence-electron chi connectivity index (χ1n) is 10.1. The molecule has 7 heteroatoms. The van der Waals surface area contributed by atoms with Crippen LogP contribution in [0.2, 0.25) is 0 Å². The maximum Gasteiger partial charge on any atom is 0.407 e. The van der Waals surface area contributed by atoms with E-state index in [1.165, 1.54) is 11.8 Å². The van der Waals surface area contributed by atoms with Crippen molar-refractivity contribution >= 4 is 18.0 Å². The van der Waals surface area contributed by atoms with Crippen LogP contribution in [0.1, 0.15) is 36.8 Å². The zero-order valence-electron chi connectivity index (χ0n) is 16.8. The summed E-state index contributed by atoms with van der Waals surface area (Å²) in [5.74, 6) is -0.754. The number of fused-ring (bicyclic) bond motifs is 3. The van der Waals surface area contributed by atoms with Gasteiger partial charge in [0.25, 0.3) is 0 Å². The molecule has 0 bridgehead atoms. The van der Waals surface area contributed by atoms with Crippen LogP contribution >= 0.6 is 0 Å². The largest absolute Gasteiger partial charge is 0.449 e. The van der Waals surface area contributed by atoms with Gasteiger partial charge in [0.05, 0.1) is 0 Å². The number of carbonyl (C=O) groups excluding carboxylic acids is 3. The highest BCUT2D eigenvalue weighted by atomic mass is 16.6. The molecule has 0 radical (unpaired) electrons. The lowest BCUT2D eigenvalue weighted by Crippen LogP contribution is -2.53. The summed E-state index contributed by atoms with van der Waals surface area (Å²) in [5.41, 5.74) is 4.58. The number of carbonyl (C=O) groups is 3. The Morgan fingerprint density at radius 2 is 1.67 bits per heavy atom. The van der Waals surface area contributed by atoms with E-state index >= 15 is 0 Å². The third kappa shape index (κ3) is 4.01. The van der Waals surface area contributed by atoms with Crippen molar-refractivity contribution < 1.29 is 23.9 Å². The van der Waals surface area contributed by atoms with Gasteiger partial charge in [-0.1, -0.05) is 48.5 Å². The van der Waals surface area contributed by atoms with E-state index in [1.807, 2.05) is 24.3 Å². The molecule has 2 aromatic rings. The quantitative estimate of drug-likeness (QED) is 0.769. The Morgan fingerprint density at radius 1 is 1.03 bits per heavy atom. The van der Waals surface area contributed by atoms with Crippen molar-refractivity contribution in [2.24, 2.45) is 0 Å². The van der Waals surface area contributed by atoms with Crippen molar-refractivity contribution in [2.45, 2.75) is 31.7 Å². The number of nitrogens with zero attached hydrogens (tertiary/aromatic N) is 1. The monoisotopic (exact) mass is 408 g/mol. The molecule has 4 rings (SSSR count). The van der Waals surface area contributed by atoms with Crippen molar-refractivity contribution in [3.63, 3.8) is 0 Å². The molecule has 7 nitrogen and oxygen atoms in total. The fraction of sp³-hybridized carbons (Fsp3) is 0.348. The number of benzene rings is 2. The molecule has 1 unspecified atom stereocenters. The maximum atomic E-state index is 12.5. The smallest absolute Gasteiger partial charge is 0.407 e. The fourth-order valence-electron chi connectivity index (χ4n) is 4.15. The summed E-state index contributed by atoms with van der Waals surface area (Å²) < 4.78 is 10.4. The first-order chi connectivity index (χ1) is 14.5. The number of ether oxygens (including phenoxy) is 2. The number of esters is 1. The zero-order chi connectivity index (χ0) is 21.1. The van der Waals surface area contributed by atoms with Crippen LogP contribution in [0.4, 0.5) is 4.79 Å². The Hall–Kier alpha value is -3.35. The van der Waals surface area contributed by atoms with Gasteiger partial charge in [0.2, 0.25) is 5.91 Å². The lowest BCUT2D eigenvalue weighted by molar-refractivity contribution is -0.153. The molecule has 2 aliphatic rings. The van der Waals surface area contributed by atoms with Crippen molar-refractivity contribution in [3.05, 3.63) is 59.7 Å². The van der Waals surface area contributed by atoms with Crippen LogP contribution < -0.4 is 5.32 Å². The van der Waals surface area contributed by atoms with Crippen LogP contribution in [0.15, 0.2) is 48.5 Å². The molecule has 156 valence electrons. The molecule has 1 aliphatic heterocycles. The van der Waals surface area contributed by atoms with Crippen molar-refractivity contribution in [1.29, 1.82) is 0 Å². The molecule has 0 aromatic heterocycles. The Morgan fingerprint density at radius 3 is 2.30 bits per heavy atom. The van der Waals surface area contributed by atoms with Crippen LogP contribution in [-0.4, -0.2) is 48.8 Å². The third-order valence-electron chi connectivity index (χ3n) is 5.59. The second-order valence-electron chi connectivity index (χ2n) is 7.53. The molecule has 1 aliphatic carbocycles. The van der Waals surface area contributed by atoms with Gasteiger partial charge in [-0.25, -0.2) is 4.79 Å². The molecule has 0 saturated carbocycles. The molecule has 1 saturated heterocycles. The Bertz CT molecular complexity index is 928. The van der Waals surface area contributed by atoms with Crippen molar-refractivity contribution in [2.75, 3.05) is 19.9 Å². The molecule has 0 spiro atoms. The van der Waals surface area contributed by atoms with Crippen LogP contribution in [0.25, 0.3) is 11.1 Å². The number of likely N-dealkylation sites (tertiary alicyclic amines) is 1. The topological polar surface area (TPSA) is 84.9 Å². The van der Waals surface area contributed by atoms with E-state index in [1.54, 1.807) is 0 Å². The maximum absolute atomic E-state index is 12.5. The molecular formula is C23H24N2O5. The Kier molecular flexibility index (Phi) is 5.70. The first-order valence-corrected chi connectivity index (χ1v) is 10.1. The van der Waals surface area contributed by atoms with Gasteiger partial charge >= 0.3 is 12.1 Å². The summed E-state index contributed by atoms with van der Waals surface area (Å²) in [6.45, 7) is 1.88. The molecule has 1 heterocycles. The summed E-state index contributed by atoms with van der Waals surface area (Å²) in [6.07, 6.45) is 0.616. The number of alkyl carbamates (subject to hydrolysis) is 1. The average molecular weight is 408 g/mol. The number of amides is 2. The van der Waals surface area contributed by atoms with Gasteiger partial charge in [0.1, 0.15) is 12.6 Å². The van der Waals surface area contributed by atoms with Crippen molar-refractivity contribution in [3.8, 4) is 11.1 Å². The normalized spacial score (nSPS) is 17.8. The SMILES string of the molecule is CC(=O)OCN1CCCC(NC(=O)OCC2c3ccccc3-c3ccccc32)C1=O. The molecular weight excluding hydrogens is 384 g/mol. The van der Waals surface area contributed by atoms with Crippen molar-refractivity contribution in [1.82, 2.24) is 10.2 Å². The van der Waals surface area contributed by atoms with Gasteiger partial charge in [-0.05, 0) is 35.1 Å². The number of hydrogen-bond acceptors (Lipinski definition) is 5. The molecule has 2 amide bonds. The van der Waals surface area contributed by atoms with Crippen LogP contribution in [0.5, 0.6) is 0 Å². The lowest BCUT2D eigenvalue weighted by Gasteiger charge is -2.31. The van der Waals surface area contributed by atoms with E-state index in [-0.39, 0.29) is 25.2 Å². The Labute approximate surface area is 175 Å². The van der Waals surface area contributed by atoms with E-state index in [0.717, 1.165) is 22.3 Å². The molecule has 1 N–H and O–H groups in total. The first kappa shape index (κ1) is 19.9. The van der Waals surface area contributed by atoms with Gasteiger partial charge in [0, 0.05) is 19.4 Å². The highest BCUT2D eigenvalue weighted by molar-refractivity contribution is 5.86. The fourth-order valence-corrected chi connectivity index (χ4v) is 4.15. The standard InChI is InChI=1S/C23H24N2O5/c1-15(26)30-14-25-12-6-11-21(22(25)27)24-23(28)29-13-20-18-9-4-2-7-16(18)17-8-3-5-10-19(17)20/h2-5,7-10,20-21H,6,11-14H2,1H3,(H,24,28). The van der Waals surface area contributed by atoms with Crippen LogP contribution in [0, 0.1) is 0 Å².